The van der Waals surface area contributed by atoms with Crippen LogP contribution < -0.4 is 10.1 Å². The highest BCUT2D eigenvalue weighted by molar-refractivity contribution is 9.10. The molecule has 0 unspecified atom stereocenters. The summed E-state index contributed by atoms with van der Waals surface area (Å²) in [5, 5.41) is 3.19. The average Bonchev–Trinajstić information content (AvgIpc) is 2.41. The highest BCUT2D eigenvalue weighted by Gasteiger charge is 2.00. The molecule has 0 aliphatic carbocycles. The molecule has 0 spiro atoms. The number of benzene rings is 1. The molecule has 19 heavy (non-hydrogen) atoms. The average molecular weight is 321 g/mol. The Hall–Kier alpha value is -1.55. The maximum absolute atomic E-state index is 5.78. The van der Waals surface area contributed by atoms with Crippen LogP contribution in [-0.2, 0) is 6.61 Å². The van der Waals surface area contributed by atoms with Crippen molar-refractivity contribution < 1.29 is 4.74 Å². The zero-order valence-electron chi connectivity index (χ0n) is 11.1. The van der Waals surface area contributed by atoms with E-state index in [1.165, 1.54) is 5.56 Å². The van der Waals surface area contributed by atoms with Crippen LogP contribution in [0.4, 0.5) is 5.82 Å². The van der Waals surface area contributed by atoms with Crippen molar-refractivity contribution in [3.8, 4) is 5.75 Å². The van der Waals surface area contributed by atoms with Gasteiger partial charge in [-0.3, -0.25) is 0 Å². The van der Waals surface area contributed by atoms with Gasteiger partial charge in [-0.1, -0.05) is 15.9 Å². The van der Waals surface area contributed by atoms with Crippen LogP contribution in [0.3, 0.4) is 0 Å². The van der Waals surface area contributed by atoms with Gasteiger partial charge in [-0.15, -0.1) is 0 Å². The third kappa shape index (κ3) is 3.96. The molecule has 2 aromatic rings. The van der Waals surface area contributed by atoms with Crippen molar-refractivity contribution in [2.75, 3.05) is 11.9 Å². The van der Waals surface area contributed by atoms with Crippen LogP contribution in [0.1, 0.15) is 18.1 Å². The van der Waals surface area contributed by atoms with E-state index in [0.29, 0.717) is 6.61 Å². The van der Waals surface area contributed by atoms with Crippen molar-refractivity contribution >= 4 is 21.7 Å². The number of halogens is 1. The smallest absolute Gasteiger partial charge is 0.126 e. The number of aromatic nitrogens is 1. The number of pyridine rings is 1. The molecule has 2 rings (SSSR count). The summed E-state index contributed by atoms with van der Waals surface area (Å²) < 4.78 is 6.88. The van der Waals surface area contributed by atoms with Gasteiger partial charge in [0.05, 0.1) is 0 Å². The summed E-state index contributed by atoms with van der Waals surface area (Å²) in [6.45, 7) is 5.51. The van der Waals surface area contributed by atoms with E-state index in [1.807, 2.05) is 37.3 Å². The van der Waals surface area contributed by atoms with Gasteiger partial charge in [0, 0.05) is 17.2 Å². The molecular formula is C15H17BrN2O. The Morgan fingerprint density at radius 2 is 2.11 bits per heavy atom. The second-order valence-corrected chi connectivity index (χ2v) is 5.13. The lowest BCUT2D eigenvalue weighted by Gasteiger charge is -2.09. The first-order chi connectivity index (χ1) is 9.19. The lowest BCUT2D eigenvalue weighted by Crippen LogP contribution is -2.01. The molecule has 0 bridgehead atoms. The summed E-state index contributed by atoms with van der Waals surface area (Å²) in [5.74, 6) is 1.76. The predicted octanol–water partition coefficient (Wildman–Crippen LogP) is 4.16. The number of hydrogen-bond donors (Lipinski definition) is 1. The summed E-state index contributed by atoms with van der Waals surface area (Å²) in [6.07, 6.45) is 1.80. The number of nitrogens with zero attached hydrogens (tertiary/aromatic N) is 1. The SMILES string of the molecule is CCNc1cc(COc2ccc(Br)c(C)c2)ccn1. The molecule has 0 saturated heterocycles. The van der Waals surface area contributed by atoms with E-state index in [4.69, 9.17) is 4.74 Å². The fourth-order valence-electron chi connectivity index (χ4n) is 1.72. The summed E-state index contributed by atoms with van der Waals surface area (Å²) in [6, 6.07) is 9.96. The third-order valence-electron chi connectivity index (χ3n) is 2.72. The molecule has 1 N–H and O–H groups in total. The van der Waals surface area contributed by atoms with Crippen LogP contribution in [0.5, 0.6) is 5.75 Å². The van der Waals surface area contributed by atoms with Crippen LogP contribution in [0.25, 0.3) is 0 Å². The maximum atomic E-state index is 5.78. The van der Waals surface area contributed by atoms with Gasteiger partial charge >= 0.3 is 0 Å². The lowest BCUT2D eigenvalue weighted by molar-refractivity contribution is 0.306. The van der Waals surface area contributed by atoms with Crippen molar-refractivity contribution in [2.24, 2.45) is 0 Å². The van der Waals surface area contributed by atoms with Crippen molar-refractivity contribution in [3.63, 3.8) is 0 Å². The van der Waals surface area contributed by atoms with E-state index in [2.05, 4.69) is 33.2 Å². The van der Waals surface area contributed by atoms with E-state index in [9.17, 15) is 0 Å². The highest BCUT2D eigenvalue weighted by Crippen LogP contribution is 2.22. The van der Waals surface area contributed by atoms with Gasteiger partial charge in [0.2, 0.25) is 0 Å². The van der Waals surface area contributed by atoms with Crippen LogP contribution >= 0.6 is 15.9 Å². The quantitative estimate of drug-likeness (QED) is 0.898. The Kier molecular flexibility index (Phi) is 4.80. The lowest BCUT2D eigenvalue weighted by atomic mass is 10.2. The molecule has 3 nitrogen and oxygen atoms in total. The number of hydrogen-bond acceptors (Lipinski definition) is 3. The Morgan fingerprint density at radius 1 is 1.26 bits per heavy atom. The molecule has 1 aromatic heterocycles. The van der Waals surface area contributed by atoms with E-state index in [0.717, 1.165) is 28.1 Å². The first-order valence-electron chi connectivity index (χ1n) is 6.27. The number of anilines is 1. The highest BCUT2D eigenvalue weighted by atomic mass is 79.9. The van der Waals surface area contributed by atoms with Crippen LogP contribution in [0, 0.1) is 6.92 Å². The van der Waals surface area contributed by atoms with E-state index < -0.39 is 0 Å². The fourth-order valence-corrected chi connectivity index (χ4v) is 1.96. The first kappa shape index (κ1) is 13.9. The van der Waals surface area contributed by atoms with Crippen molar-refractivity contribution in [2.45, 2.75) is 20.5 Å². The largest absolute Gasteiger partial charge is 0.489 e. The number of ether oxygens (including phenoxy) is 1. The van der Waals surface area contributed by atoms with E-state index >= 15 is 0 Å². The summed E-state index contributed by atoms with van der Waals surface area (Å²) >= 11 is 3.48. The van der Waals surface area contributed by atoms with Crippen molar-refractivity contribution in [1.82, 2.24) is 4.98 Å². The second kappa shape index (κ2) is 6.57. The molecule has 0 fully saturated rings. The minimum atomic E-state index is 0.544. The molecule has 0 aliphatic heterocycles. The minimum absolute atomic E-state index is 0.544. The molecule has 1 aromatic carbocycles. The Balaban J connectivity index is 2.01. The van der Waals surface area contributed by atoms with Gasteiger partial charge in [-0.2, -0.15) is 0 Å². The summed E-state index contributed by atoms with van der Waals surface area (Å²) in [4.78, 5) is 4.24. The zero-order valence-corrected chi connectivity index (χ0v) is 12.7. The zero-order chi connectivity index (χ0) is 13.7. The van der Waals surface area contributed by atoms with Gasteiger partial charge in [-0.05, 0) is 55.3 Å². The number of nitrogens with one attached hydrogen (secondary N) is 1. The molecule has 100 valence electrons. The molecule has 1 heterocycles. The van der Waals surface area contributed by atoms with Crippen LogP contribution in [-0.4, -0.2) is 11.5 Å². The Bertz CT molecular complexity index is 558. The Labute approximate surface area is 122 Å². The molecular weight excluding hydrogens is 304 g/mol. The molecule has 4 heteroatoms. The Morgan fingerprint density at radius 3 is 2.84 bits per heavy atom. The molecule has 0 aliphatic rings. The normalized spacial score (nSPS) is 10.3. The molecule has 0 radical (unpaired) electrons. The third-order valence-corrected chi connectivity index (χ3v) is 3.61. The van der Waals surface area contributed by atoms with Gasteiger partial charge in [0.15, 0.2) is 0 Å². The first-order valence-corrected chi connectivity index (χ1v) is 7.06. The van der Waals surface area contributed by atoms with Gasteiger partial charge in [0.25, 0.3) is 0 Å². The van der Waals surface area contributed by atoms with Crippen LogP contribution in [0.2, 0.25) is 0 Å². The van der Waals surface area contributed by atoms with Gasteiger partial charge in [-0.25, -0.2) is 4.98 Å². The number of aryl methyl sites for hydroxylation is 1. The molecule has 0 atom stereocenters. The molecule has 0 amide bonds. The monoisotopic (exact) mass is 320 g/mol. The predicted molar refractivity (Wildman–Crippen MR) is 81.6 cm³/mol. The van der Waals surface area contributed by atoms with E-state index in [1.54, 1.807) is 6.20 Å². The minimum Gasteiger partial charge on any atom is -0.489 e. The molecule has 0 saturated carbocycles. The van der Waals surface area contributed by atoms with Gasteiger partial charge in [0.1, 0.15) is 18.2 Å². The standard InChI is InChI=1S/C15H17BrN2O/c1-3-17-15-9-12(6-7-18-15)10-19-13-4-5-14(16)11(2)8-13/h4-9H,3,10H2,1-2H3,(H,17,18). The fraction of sp³-hybridized carbons (Fsp3) is 0.267. The second-order valence-electron chi connectivity index (χ2n) is 4.28. The summed E-state index contributed by atoms with van der Waals surface area (Å²) in [5.41, 5.74) is 2.27. The van der Waals surface area contributed by atoms with Crippen LogP contribution in [0.15, 0.2) is 41.0 Å². The summed E-state index contributed by atoms with van der Waals surface area (Å²) in [7, 11) is 0. The maximum Gasteiger partial charge on any atom is 0.126 e. The van der Waals surface area contributed by atoms with E-state index in [-0.39, 0.29) is 0 Å². The number of rotatable bonds is 5. The topological polar surface area (TPSA) is 34.1 Å². The van der Waals surface area contributed by atoms with Crippen molar-refractivity contribution in [3.05, 3.63) is 52.1 Å². The van der Waals surface area contributed by atoms with Gasteiger partial charge < -0.3 is 10.1 Å². The van der Waals surface area contributed by atoms with Crippen molar-refractivity contribution in [1.29, 1.82) is 0 Å².